The second-order valence-electron chi connectivity index (χ2n) is 3.79. The van der Waals surface area contributed by atoms with Crippen LogP contribution in [-0.2, 0) is 9.59 Å². The Hall–Kier alpha value is -1.83. The number of guanidine groups is 1. The average molecular weight is 243 g/mol. The van der Waals surface area contributed by atoms with Crippen LogP contribution in [0, 0.1) is 0 Å². The maximum atomic E-state index is 11.2. The van der Waals surface area contributed by atoms with Gasteiger partial charge in [-0.1, -0.05) is 0 Å². The van der Waals surface area contributed by atoms with Gasteiger partial charge in [0.05, 0.1) is 12.5 Å². The number of carboxylic acids is 1. The number of nitrogens with two attached hydrogens (primary N) is 2. The minimum atomic E-state index is -0.894. The summed E-state index contributed by atoms with van der Waals surface area (Å²) in [5.74, 6) is -0.995. The molecule has 0 bridgehead atoms. The first-order valence-electron chi connectivity index (χ1n) is 5.31. The predicted molar refractivity (Wildman–Crippen MR) is 61.3 cm³/mol. The van der Waals surface area contributed by atoms with Gasteiger partial charge in [-0.2, -0.15) is 0 Å². The van der Waals surface area contributed by atoms with Crippen LogP contribution < -0.4 is 22.1 Å². The lowest BCUT2D eigenvalue weighted by Gasteiger charge is -2.37. The molecular formula is C9H17N5O3. The Kier molecular flexibility index (Phi) is 4.70. The highest BCUT2D eigenvalue weighted by Crippen LogP contribution is 2.10. The third-order valence-electron chi connectivity index (χ3n) is 2.45. The molecule has 1 aliphatic heterocycles. The predicted octanol–water partition coefficient (Wildman–Crippen LogP) is -2.42. The van der Waals surface area contributed by atoms with Gasteiger partial charge in [0.15, 0.2) is 5.96 Å². The van der Waals surface area contributed by atoms with Crippen LogP contribution in [0.25, 0.3) is 0 Å². The van der Waals surface area contributed by atoms with Crippen LogP contribution in [0.3, 0.4) is 0 Å². The highest BCUT2D eigenvalue weighted by Gasteiger charge is 2.38. The fourth-order valence-electron chi connectivity index (χ4n) is 1.58. The molecule has 1 rings (SSSR count). The summed E-state index contributed by atoms with van der Waals surface area (Å²) in [5.41, 5.74) is 10.3. The summed E-state index contributed by atoms with van der Waals surface area (Å²) in [6.07, 6.45) is 0.610. The first kappa shape index (κ1) is 13.2. The topological polar surface area (TPSA) is 143 Å². The normalized spacial score (nSPS) is 22.5. The van der Waals surface area contributed by atoms with E-state index < -0.39 is 5.97 Å². The van der Waals surface area contributed by atoms with Gasteiger partial charge in [0.25, 0.3) is 0 Å². The smallest absolute Gasteiger partial charge is 0.304 e. The summed E-state index contributed by atoms with van der Waals surface area (Å²) in [4.78, 5) is 25.3. The molecule has 7 N–H and O–H groups in total. The molecule has 0 aromatic carbocycles. The monoisotopic (exact) mass is 243 g/mol. The first-order chi connectivity index (χ1) is 8.00. The highest BCUT2D eigenvalue weighted by atomic mass is 16.4. The first-order valence-corrected chi connectivity index (χ1v) is 5.31. The van der Waals surface area contributed by atoms with Gasteiger partial charge in [0.1, 0.15) is 6.04 Å². The molecule has 1 fully saturated rings. The molecule has 1 amide bonds. The summed E-state index contributed by atoms with van der Waals surface area (Å²) in [6.45, 7) is 0.705. The van der Waals surface area contributed by atoms with Crippen molar-refractivity contribution in [3.05, 3.63) is 0 Å². The number of hydrogen-bond acceptors (Lipinski definition) is 4. The molecule has 0 aromatic heterocycles. The molecule has 0 spiro atoms. The van der Waals surface area contributed by atoms with E-state index in [0.29, 0.717) is 13.0 Å². The van der Waals surface area contributed by atoms with Crippen molar-refractivity contribution in [2.75, 3.05) is 13.1 Å². The van der Waals surface area contributed by atoms with Crippen LogP contribution in [0.15, 0.2) is 4.99 Å². The van der Waals surface area contributed by atoms with E-state index >= 15 is 0 Å². The largest absolute Gasteiger partial charge is 0.481 e. The summed E-state index contributed by atoms with van der Waals surface area (Å²) in [5, 5.41) is 14.1. The van der Waals surface area contributed by atoms with Crippen molar-refractivity contribution in [3.63, 3.8) is 0 Å². The lowest BCUT2D eigenvalue weighted by Crippen LogP contribution is -2.68. The Balaban J connectivity index is 2.25. The summed E-state index contributed by atoms with van der Waals surface area (Å²) < 4.78 is 0. The van der Waals surface area contributed by atoms with Crippen LogP contribution in [0.5, 0.6) is 0 Å². The maximum Gasteiger partial charge on any atom is 0.304 e. The van der Waals surface area contributed by atoms with Gasteiger partial charge >= 0.3 is 5.97 Å². The van der Waals surface area contributed by atoms with Crippen molar-refractivity contribution in [1.82, 2.24) is 10.6 Å². The molecule has 8 nitrogen and oxygen atoms in total. The van der Waals surface area contributed by atoms with Crippen molar-refractivity contribution >= 4 is 17.8 Å². The molecule has 0 radical (unpaired) electrons. The van der Waals surface area contributed by atoms with E-state index in [-0.39, 0.29) is 36.9 Å². The van der Waals surface area contributed by atoms with E-state index in [9.17, 15) is 9.59 Å². The molecule has 0 saturated carbocycles. The molecule has 96 valence electrons. The number of amides is 1. The maximum absolute atomic E-state index is 11.2. The number of carboxylic acid groups (broad SMARTS) is 1. The number of carbonyl (C=O) groups excluding carboxylic acids is 1. The number of nitrogens with one attached hydrogen (secondary N) is 2. The SMILES string of the molecule is NC(N)=NCCC1NC(=O)[C@H]1NCCC(=O)O. The molecule has 2 atom stereocenters. The van der Waals surface area contributed by atoms with Crippen molar-refractivity contribution < 1.29 is 14.7 Å². The molecule has 17 heavy (non-hydrogen) atoms. The summed E-state index contributed by atoms with van der Waals surface area (Å²) in [6, 6.07) is -0.386. The number of β-lactam (4-membered cyclic amide) rings is 1. The van der Waals surface area contributed by atoms with E-state index in [2.05, 4.69) is 15.6 Å². The Morgan fingerprint density at radius 2 is 2.24 bits per heavy atom. The lowest BCUT2D eigenvalue weighted by atomic mass is 9.95. The van der Waals surface area contributed by atoms with Gasteiger partial charge < -0.3 is 27.2 Å². The van der Waals surface area contributed by atoms with Gasteiger partial charge in [-0.15, -0.1) is 0 Å². The molecule has 0 aliphatic carbocycles. The minimum absolute atomic E-state index is 0.00952. The highest BCUT2D eigenvalue weighted by molar-refractivity contribution is 5.89. The summed E-state index contributed by atoms with van der Waals surface area (Å²) >= 11 is 0. The van der Waals surface area contributed by atoms with Gasteiger partial charge in [0.2, 0.25) is 5.91 Å². The fourth-order valence-corrected chi connectivity index (χ4v) is 1.58. The van der Waals surface area contributed by atoms with Crippen LogP contribution >= 0.6 is 0 Å². The Bertz CT molecular complexity index is 327. The van der Waals surface area contributed by atoms with Crippen LogP contribution in [0.2, 0.25) is 0 Å². The van der Waals surface area contributed by atoms with Crippen LogP contribution in [0.1, 0.15) is 12.8 Å². The zero-order chi connectivity index (χ0) is 12.8. The minimum Gasteiger partial charge on any atom is -0.481 e. The summed E-state index contributed by atoms with van der Waals surface area (Å²) in [7, 11) is 0. The number of rotatable bonds is 7. The van der Waals surface area contributed by atoms with E-state index in [1.54, 1.807) is 0 Å². The van der Waals surface area contributed by atoms with E-state index in [1.807, 2.05) is 0 Å². The molecule has 1 heterocycles. The zero-order valence-corrected chi connectivity index (χ0v) is 9.35. The average Bonchev–Trinajstić information content (AvgIpc) is 2.22. The molecule has 0 aromatic rings. The molecule has 1 saturated heterocycles. The molecule has 1 aliphatic rings. The third kappa shape index (κ3) is 4.27. The number of hydrogen-bond donors (Lipinski definition) is 5. The van der Waals surface area contributed by atoms with Crippen LogP contribution in [-0.4, -0.2) is 48.1 Å². The van der Waals surface area contributed by atoms with Crippen molar-refractivity contribution in [3.8, 4) is 0 Å². The Morgan fingerprint density at radius 1 is 1.53 bits per heavy atom. The van der Waals surface area contributed by atoms with Gasteiger partial charge in [-0.25, -0.2) is 0 Å². The van der Waals surface area contributed by atoms with E-state index in [0.717, 1.165) is 0 Å². The van der Waals surface area contributed by atoms with Crippen molar-refractivity contribution in [1.29, 1.82) is 0 Å². The second kappa shape index (κ2) is 6.04. The number of aliphatic imine (C=N–C) groups is 1. The molecule has 8 heteroatoms. The van der Waals surface area contributed by atoms with Gasteiger partial charge in [-0.05, 0) is 6.42 Å². The lowest BCUT2D eigenvalue weighted by molar-refractivity contribution is -0.138. The zero-order valence-electron chi connectivity index (χ0n) is 9.35. The van der Waals surface area contributed by atoms with Gasteiger partial charge in [-0.3, -0.25) is 14.6 Å². The van der Waals surface area contributed by atoms with Gasteiger partial charge in [0, 0.05) is 13.1 Å². The third-order valence-corrected chi connectivity index (χ3v) is 2.45. The number of nitrogens with zero attached hydrogens (tertiary/aromatic N) is 1. The Morgan fingerprint density at radius 3 is 2.76 bits per heavy atom. The second-order valence-corrected chi connectivity index (χ2v) is 3.79. The van der Waals surface area contributed by atoms with E-state index in [1.165, 1.54) is 0 Å². The van der Waals surface area contributed by atoms with E-state index in [4.69, 9.17) is 16.6 Å². The van der Waals surface area contributed by atoms with Crippen molar-refractivity contribution in [2.45, 2.75) is 24.9 Å². The number of aliphatic carboxylic acids is 1. The van der Waals surface area contributed by atoms with Crippen molar-refractivity contribution in [2.24, 2.45) is 16.5 Å². The molecule has 1 unspecified atom stereocenters. The standard InChI is InChI=1S/C9H17N5O3/c10-9(11)13-3-1-5-7(8(17)14-5)12-4-2-6(15)16/h5,7,12H,1-4H2,(H,14,17)(H,15,16)(H4,10,11,13)/t5?,7-/m0/s1. The Labute approximate surface area is 98.4 Å². The fraction of sp³-hybridized carbons (Fsp3) is 0.667. The van der Waals surface area contributed by atoms with Crippen LogP contribution in [0.4, 0.5) is 0 Å². The number of carbonyl (C=O) groups is 2. The quantitative estimate of drug-likeness (QED) is 0.191. The molecular weight excluding hydrogens is 226 g/mol.